The number of nitrogens with zero attached hydrogens (tertiary/aromatic N) is 2. The Bertz CT molecular complexity index is 898. The maximum Gasteiger partial charge on any atom is 0.263 e. The third-order valence-electron chi connectivity index (χ3n) is 2.86. The van der Waals surface area contributed by atoms with E-state index in [9.17, 15) is 8.42 Å². The van der Waals surface area contributed by atoms with Crippen LogP contribution in [-0.2, 0) is 10.0 Å². The monoisotopic (exact) mass is 319 g/mol. The largest absolute Gasteiger partial charge is 0.278 e. The van der Waals surface area contributed by atoms with Gasteiger partial charge in [-0.25, -0.2) is 8.42 Å². The molecule has 3 rings (SSSR count). The van der Waals surface area contributed by atoms with Crippen molar-refractivity contribution in [3.05, 3.63) is 60.0 Å². The van der Waals surface area contributed by atoms with Gasteiger partial charge in [0.2, 0.25) is 0 Å². The van der Waals surface area contributed by atoms with Gasteiger partial charge in [-0.1, -0.05) is 23.7 Å². The molecule has 1 N–H and O–H groups in total. The number of halogens is 1. The Labute approximate surface area is 126 Å². The van der Waals surface area contributed by atoms with Gasteiger partial charge >= 0.3 is 0 Å². The Balaban J connectivity index is 1.99. The van der Waals surface area contributed by atoms with Crippen LogP contribution in [0.2, 0.25) is 5.02 Å². The number of hydrogen-bond acceptors (Lipinski definition) is 4. The highest BCUT2D eigenvalue weighted by atomic mass is 35.5. The van der Waals surface area contributed by atoms with Gasteiger partial charge in [0, 0.05) is 17.8 Å². The molecule has 0 radical (unpaired) electrons. The van der Waals surface area contributed by atoms with E-state index in [-0.39, 0.29) is 4.90 Å². The smallest absolute Gasteiger partial charge is 0.263 e. The number of pyridine rings is 2. The highest BCUT2D eigenvalue weighted by Crippen LogP contribution is 2.24. The Morgan fingerprint density at radius 3 is 2.71 bits per heavy atom. The number of aromatic nitrogens is 2. The molecular formula is C14H10ClN3O2S. The summed E-state index contributed by atoms with van der Waals surface area (Å²) in [5.41, 5.74) is 0.997. The molecule has 0 aliphatic rings. The molecule has 0 atom stereocenters. The minimum atomic E-state index is -3.68. The molecule has 1 aromatic carbocycles. The van der Waals surface area contributed by atoms with Gasteiger partial charge in [-0.05, 0) is 24.3 Å². The van der Waals surface area contributed by atoms with Gasteiger partial charge in [0.25, 0.3) is 10.0 Å². The van der Waals surface area contributed by atoms with Gasteiger partial charge in [0.05, 0.1) is 22.4 Å². The summed E-state index contributed by atoms with van der Waals surface area (Å²) in [7, 11) is -3.68. The molecule has 0 bridgehead atoms. The molecule has 0 fully saturated rings. The van der Waals surface area contributed by atoms with Crippen molar-refractivity contribution in [1.82, 2.24) is 9.97 Å². The SMILES string of the molecule is O=S(=O)(Nc1cnc2c(Cl)cccc2c1)c1cccnc1. The van der Waals surface area contributed by atoms with E-state index in [0.717, 1.165) is 5.39 Å². The van der Waals surface area contributed by atoms with Crippen molar-refractivity contribution >= 4 is 38.2 Å². The number of hydrogen-bond donors (Lipinski definition) is 1. The quantitative estimate of drug-likeness (QED) is 0.805. The summed E-state index contributed by atoms with van der Waals surface area (Å²) in [5.74, 6) is 0. The van der Waals surface area contributed by atoms with Gasteiger partial charge < -0.3 is 0 Å². The molecular weight excluding hydrogens is 310 g/mol. The van der Waals surface area contributed by atoms with Gasteiger partial charge in [-0.3, -0.25) is 14.7 Å². The maximum atomic E-state index is 12.2. The number of fused-ring (bicyclic) bond motifs is 1. The summed E-state index contributed by atoms with van der Waals surface area (Å²) in [4.78, 5) is 8.08. The van der Waals surface area contributed by atoms with Gasteiger partial charge in [-0.2, -0.15) is 0 Å². The average molecular weight is 320 g/mol. The Morgan fingerprint density at radius 2 is 1.95 bits per heavy atom. The second kappa shape index (κ2) is 5.31. The van der Waals surface area contributed by atoms with Crippen LogP contribution >= 0.6 is 11.6 Å². The second-order valence-corrected chi connectivity index (χ2v) is 6.42. The third kappa shape index (κ3) is 2.81. The summed E-state index contributed by atoms with van der Waals surface area (Å²) < 4.78 is 26.9. The van der Waals surface area contributed by atoms with Crippen LogP contribution in [0, 0.1) is 0 Å². The predicted octanol–water partition coefficient (Wildman–Crippen LogP) is 3.08. The van der Waals surface area contributed by atoms with E-state index in [0.29, 0.717) is 16.2 Å². The highest BCUT2D eigenvalue weighted by Gasteiger charge is 2.14. The standard InChI is InChI=1S/C14H10ClN3O2S/c15-13-5-1-3-10-7-11(8-17-14(10)13)18-21(19,20)12-4-2-6-16-9-12/h1-9,18H. The van der Waals surface area contributed by atoms with Crippen LogP contribution in [0.5, 0.6) is 0 Å². The van der Waals surface area contributed by atoms with Gasteiger partial charge in [-0.15, -0.1) is 0 Å². The number of anilines is 1. The average Bonchev–Trinajstić information content (AvgIpc) is 2.48. The zero-order valence-corrected chi connectivity index (χ0v) is 12.3. The molecule has 0 unspecified atom stereocenters. The van der Waals surface area contributed by atoms with E-state index in [1.54, 1.807) is 24.3 Å². The summed E-state index contributed by atoms with van der Waals surface area (Å²) in [5, 5.41) is 1.28. The first-order valence-electron chi connectivity index (χ1n) is 6.03. The van der Waals surface area contributed by atoms with Gasteiger partial charge in [0.15, 0.2) is 0 Å². The number of rotatable bonds is 3. The molecule has 0 saturated heterocycles. The van der Waals surface area contributed by atoms with Crippen LogP contribution in [0.4, 0.5) is 5.69 Å². The fourth-order valence-corrected chi connectivity index (χ4v) is 3.13. The normalized spacial score (nSPS) is 11.5. The topological polar surface area (TPSA) is 72.0 Å². The third-order valence-corrected chi connectivity index (χ3v) is 4.53. The molecule has 0 saturated carbocycles. The van der Waals surface area contributed by atoms with Crippen molar-refractivity contribution < 1.29 is 8.42 Å². The minimum absolute atomic E-state index is 0.0937. The fourth-order valence-electron chi connectivity index (χ4n) is 1.90. The molecule has 0 aliphatic carbocycles. The molecule has 2 aromatic heterocycles. The van der Waals surface area contributed by atoms with E-state index in [2.05, 4.69) is 14.7 Å². The zero-order valence-electron chi connectivity index (χ0n) is 10.7. The van der Waals surface area contributed by atoms with E-state index in [4.69, 9.17) is 11.6 Å². The van der Waals surface area contributed by atoms with E-state index in [1.165, 1.54) is 24.7 Å². The van der Waals surface area contributed by atoms with E-state index in [1.807, 2.05) is 6.07 Å². The first-order valence-corrected chi connectivity index (χ1v) is 7.89. The Hall–Kier alpha value is -2.18. The van der Waals surface area contributed by atoms with Crippen molar-refractivity contribution in [3.8, 4) is 0 Å². The van der Waals surface area contributed by atoms with Crippen molar-refractivity contribution in [1.29, 1.82) is 0 Å². The van der Waals surface area contributed by atoms with Gasteiger partial charge in [0.1, 0.15) is 4.90 Å². The predicted molar refractivity (Wildman–Crippen MR) is 81.8 cm³/mol. The zero-order chi connectivity index (χ0) is 14.9. The van der Waals surface area contributed by atoms with Crippen LogP contribution in [-0.4, -0.2) is 18.4 Å². The Kier molecular flexibility index (Phi) is 3.48. The second-order valence-electron chi connectivity index (χ2n) is 4.33. The maximum absolute atomic E-state index is 12.2. The van der Waals surface area contributed by atoms with Crippen molar-refractivity contribution in [3.63, 3.8) is 0 Å². The number of para-hydroxylation sites is 1. The van der Waals surface area contributed by atoms with Crippen molar-refractivity contribution in [2.24, 2.45) is 0 Å². The van der Waals surface area contributed by atoms with Crippen LogP contribution in [0.3, 0.4) is 0 Å². The lowest BCUT2D eigenvalue weighted by Gasteiger charge is -2.08. The van der Waals surface area contributed by atoms with E-state index < -0.39 is 10.0 Å². The number of benzene rings is 1. The number of nitrogens with one attached hydrogen (secondary N) is 1. The molecule has 7 heteroatoms. The lowest BCUT2D eigenvalue weighted by molar-refractivity contribution is 0.601. The lowest BCUT2D eigenvalue weighted by atomic mass is 10.2. The van der Waals surface area contributed by atoms with Crippen molar-refractivity contribution in [2.45, 2.75) is 4.90 Å². The molecule has 21 heavy (non-hydrogen) atoms. The van der Waals surface area contributed by atoms with E-state index >= 15 is 0 Å². The van der Waals surface area contributed by atoms with Crippen LogP contribution in [0.1, 0.15) is 0 Å². The van der Waals surface area contributed by atoms with Crippen LogP contribution in [0.25, 0.3) is 10.9 Å². The molecule has 3 aromatic rings. The number of sulfonamides is 1. The van der Waals surface area contributed by atoms with Crippen molar-refractivity contribution in [2.75, 3.05) is 4.72 Å². The lowest BCUT2D eigenvalue weighted by Crippen LogP contribution is -2.13. The first kappa shape index (κ1) is 13.8. The molecule has 0 spiro atoms. The summed E-state index contributed by atoms with van der Waals surface area (Å²) >= 11 is 6.03. The summed E-state index contributed by atoms with van der Waals surface area (Å²) in [6.45, 7) is 0. The summed E-state index contributed by atoms with van der Waals surface area (Å²) in [6.07, 6.45) is 4.23. The molecule has 0 aliphatic heterocycles. The molecule has 106 valence electrons. The molecule has 2 heterocycles. The first-order chi connectivity index (χ1) is 10.1. The molecule has 0 amide bonds. The summed E-state index contributed by atoms with van der Waals surface area (Å²) in [6, 6.07) is 10.0. The van der Waals surface area contributed by atoms with Crippen LogP contribution in [0.15, 0.2) is 59.9 Å². The van der Waals surface area contributed by atoms with Crippen LogP contribution < -0.4 is 4.72 Å². The fraction of sp³-hybridized carbons (Fsp3) is 0. The Morgan fingerprint density at radius 1 is 1.10 bits per heavy atom. The highest BCUT2D eigenvalue weighted by molar-refractivity contribution is 7.92. The minimum Gasteiger partial charge on any atom is -0.278 e. The molecule has 5 nitrogen and oxygen atoms in total.